The number of halogens is 1. The van der Waals surface area contributed by atoms with Crippen LogP contribution in [-0.4, -0.2) is 24.5 Å². The van der Waals surface area contributed by atoms with Crippen molar-refractivity contribution in [3.63, 3.8) is 0 Å². The number of rotatable bonds is 10. The molecule has 0 unspecified atom stereocenters. The number of furan rings is 1. The third-order valence-corrected chi connectivity index (χ3v) is 4.66. The highest BCUT2D eigenvalue weighted by Crippen LogP contribution is 2.18. The first-order valence-corrected chi connectivity index (χ1v) is 10.0. The number of carbonyl (C=O) groups excluding carboxylic acids is 1. The van der Waals surface area contributed by atoms with Gasteiger partial charge in [-0.2, -0.15) is 0 Å². The van der Waals surface area contributed by atoms with Gasteiger partial charge < -0.3 is 14.5 Å². The molecule has 0 saturated heterocycles. The van der Waals surface area contributed by atoms with Crippen LogP contribution < -0.4 is 10.1 Å². The lowest BCUT2D eigenvalue weighted by Crippen LogP contribution is -2.23. The lowest BCUT2D eigenvalue weighted by atomic mass is 10.1. The van der Waals surface area contributed by atoms with E-state index >= 15 is 0 Å². The Bertz CT molecular complexity index is 953. The number of hydrogen-bond acceptors (Lipinski definition) is 4. The maximum Gasteiger partial charge on any atom is 0.286 e. The molecule has 1 heterocycles. The monoisotopic (exact) mass is 410 g/mol. The summed E-state index contributed by atoms with van der Waals surface area (Å²) < 4.78 is 24.6. The molecule has 1 aromatic heterocycles. The molecule has 30 heavy (non-hydrogen) atoms. The Morgan fingerprint density at radius 1 is 1.03 bits per heavy atom. The summed E-state index contributed by atoms with van der Waals surface area (Å²) in [4.78, 5) is 14.3. The molecule has 2 aromatic carbocycles. The van der Waals surface area contributed by atoms with Gasteiger partial charge in [0.05, 0.1) is 13.7 Å². The van der Waals surface area contributed by atoms with E-state index in [2.05, 4.69) is 10.2 Å². The first-order chi connectivity index (χ1) is 14.6. The summed E-state index contributed by atoms with van der Waals surface area (Å²) in [6, 6.07) is 17.9. The average molecular weight is 410 g/mol. The van der Waals surface area contributed by atoms with Crippen molar-refractivity contribution in [3.05, 3.63) is 89.1 Å². The predicted octanol–water partition coefficient (Wildman–Crippen LogP) is 4.77. The first-order valence-electron chi connectivity index (χ1n) is 10.0. The highest BCUT2D eigenvalue weighted by Gasteiger charge is 2.15. The maximum atomic E-state index is 13.7. The predicted molar refractivity (Wildman–Crippen MR) is 114 cm³/mol. The van der Waals surface area contributed by atoms with E-state index in [9.17, 15) is 9.18 Å². The Morgan fingerprint density at radius 2 is 1.80 bits per heavy atom. The molecule has 0 aliphatic rings. The highest BCUT2D eigenvalue weighted by atomic mass is 19.1. The summed E-state index contributed by atoms with van der Waals surface area (Å²) in [5.74, 6) is 1.30. The number of methoxy groups -OCH3 is 1. The van der Waals surface area contributed by atoms with Gasteiger partial charge in [0.25, 0.3) is 5.91 Å². The van der Waals surface area contributed by atoms with E-state index in [-0.39, 0.29) is 11.7 Å². The van der Waals surface area contributed by atoms with Crippen molar-refractivity contribution in [2.24, 2.45) is 0 Å². The Balaban J connectivity index is 1.74. The van der Waals surface area contributed by atoms with Crippen molar-refractivity contribution in [2.75, 3.05) is 13.7 Å². The second-order valence-electron chi connectivity index (χ2n) is 7.15. The van der Waals surface area contributed by atoms with Crippen molar-refractivity contribution in [1.29, 1.82) is 0 Å². The minimum Gasteiger partial charge on any atom is -0.497 e. The molecule has 0 spiro atoms. The van der Waals surface area contributed by atoms with Crippen LogP contribution >= 0.6 is 0 Å². The Hall–Kier alpha value is -3.12. The zero-order valence-electron chi connectivity index (χ0n) is 17.4. The van der Waals surface area contributed by atoms with Gasteiger partial charge in [0.1, 0.15) is 17.3 Å². The molecule has 3 rings (SSSR count). The quantitative estimate of drug-likeness (QED) is 0.523. The molecule has 3 aromatic rings. The molecule has 158 valence electrons. The third-order valence-electron chi connectivity index (χ3n) is 4.66. The van der Waals surface area contributed by atoms with Gasteiger partial charge in [0.15, 0.2) is 5.76 Å². The summed E-state index contributed by atoms with van der Waals surface area (Å²) in [5.41, 5.74) is 1.97. The average Bonchev–Trinajstić information content (AvgIpc) is 3.21. The molecule has 5 nitrogen and oxygen atoms in total. The van der Waals surface area contributed by atoms with Crippen molar-refractivity contribution in [1.82, 2.24) is 10.2 Å². The highest BCUT2D eigenvalue weighted by molar-refractivity contribution is 5.91. The van der Waals surface area contributed by atoms with Crippen LogP contribution in [-0.2, 0) is 19.6 Å². The van der Waals surface area contributed by atoms with Crippen LogP contribution in [0.25, 0.3) is 0 Å². The largest absolute Gasteiger partial charge is 0.497 e. The van der Waals surface area contributed by atoms with Gasteiger partial charge >= 0.3 is 0 Å². The fourth-order valence-electron chi connectivity index (χ4n) is 3.18. The van der Waals surface area contributed by atoms with Crippen LogP contribution in [0.5, 0.6) is 5.75 Å². The standard InChI is InChI=1S/C24H27FN2O3/c1-3-13-26-24(28)23-12-11-22(30-23)17-27(16-19-5-4-6-20(25)14-19)15-18-7-9-21(29-2)10-8-18/h4-12,14H,3,13,15-17H2,1-2H3,(H,26,28). The van der Waals surface area contributed by atoms with Gasteiger partial charge in [-0.3, -0.25) is 9.69 Å². The first kappa shape index (κ1) is 21.6. The second kappa shape index (κ2) is 10.6. The zero-order chi connectivity index (χ0) is 21.3. The van der Waals surface area contributed by atoms with Crippen LogP contribution in [0.1, 0.15) is 40.8 Å². The Labute approximate surface area is 176 Å². The Kier molecular flexibility index (Phi) is 7.63. The zero-order valence-corrected chi connectivity index (χ0v) is 17.4. The molecule has 0 aliphatic carbocycles. The summed E-state index contributed by atoms with van der Waals surface area (Å²) in [7, 11) is 1.64. The SMILES string of the molecule is CCCNC(=O)c1ccc(CN(Cc2ccc(OC)cc2)Cc2cccc(F)c2)o1. The normalized spacial score (nSPS) is 10.9. The molecule has 0 bridgehead atoms. The number of carbonyl (C=O) groups is 1. The van der Waals surface area contributed by atoms with E-state index in [1.807, 2.05) is 43.3 Å². The topological polar surface area (TPSA) is 54.7 Å². The van der Waals surface area contributed by atoms with Crippen LogP contribution in [0.4, 0.5) is 4.39 Å². The van der Waals surface area contributed by atoms with E-state index in [4.69, 9.17) is 9.15 Å². The van der Waals surface area contributed by atoms with Gasteiger partial charge in [0, 0.05) is 19.6 Å². The molecule has 1 N–H and O–H groups in total. The van der Waals surface area contributed by atoms with Crippen LogP contribution in [0.3, 0.4) is 0 Å². The van der Waals surface area contributed by atoms with Crippen LogP contribution in [0.15, 0.2) is 65.1 Å². The second-order valence-corrected chi connectivity index (χ2v) is 7.15. The molecule has 0 radical (unpaired) electrons. The van der Waals surface area contributed by atoms with Crippen LogP contribution in [0, 0.1) is 5.82 Å². The minimum atomic E-state index is -0.259. The van der Waals surface area contributed by atoms with Gasteiger partial charge in [-0.25, -0.2) is 4.39 Å². The number of nitrogens with zero attached hydrogens (tertiary/aromatic N) is 1. The van der Waals surface area contributed by atoms with E-state index in [0.29, 0.717) is 37.7 Å². The number of amides is 1. The van der Waals surface area contributed by atoms with Crippen molar-refractivity contribution in [2.45, 2.75) is 33.0 Å². The van der Waals surface area contributed by atoms with Crippen LogP contribution in [0.2, 0.25) is 0 Å². The van der Waals surface area contributed by atoms with E-state index in [1.54, 1.807) is 19.2 Å². The fourth-order valence-corrected chi connectivity index (χ4v) is 3.18. The van der Waals surface area contributed by atoms with Gasteiger partial charge in [-0.15, -0.1) is 0 Å². The molecule has 0 saturated carbocycles. The molecule has 6 heteroatoms. The summed E-state index contributed by atoms with van der Waals surface area (Å²) in [6.45, 7) is 4.28. The summed E-state index contributed by atoms with van der Waals surface area (Å²) in [5, 5.41) is 2.81. The van der Waals surface area contributed by atoms with Crippen molar-refractivity contribution in [3.8, 4) is 5.75 Å². The van der Waals surface area contributed by atoms with E-state index in [0.717, 1.165) is 23.3 Å². The van der Waals surface area contributed by atoms with Gasteiger partial charge in [0.2, 0.25) is 0 Å². The van der Waals surface area contributed by atoms with Gasteiger partial charge in [-0.1, -0.05) is 31.2 Å². The third kappa shape index (κ3) is 6.19. The maximum absolute atomic E-state index is 13.7. The number of benzene rings is 2. The molecule has 0 fully saturated rings. The lowest BCUT2D eigenvalue weighted by Gasteiger charge is -2.22. The minimum absolute atomic E-state index is 0.213. The van der Waals surface area contributed by atoms with Crippen molar-refractivity contribution >= 4 is 5.91 Å². The lowest BCUT2D eigenvalue weighted by molar-refractivity contribution is 0.0921. The molecular formula is C24H27FN2O3. The van der Waals surface area contributed by atoms with E-state index in [1.165, 1.54) is 12.1 Å². The van der Waals surface area contributed by atoms with E-state index < -0.39 is 0 Å². The number of hydrogen-bond donors (Lipinski definition) is 1. The smallest absolute Gasteiger partial charge is 0.286 e. The summed E-state index contributed by atoms with van der Waals surface area (Å²) >= 11 is 0. The molecule has 1 amide bonds. The Morgan fingerprint density at radius 3 is 2.50 bits per heavy atom. The number of nitrogens with one attached hydrogen (secondary N) is 1. The molecular weight excluding hydrogens is 383 g/mol. The van der Waals surface area contributed by atoms with Crippen molar-refractivity contribution < 1.29 is 18.3 Å². The number of ether oxygens (including phenoxy) is 1. The fraction of sp³-hybridized carbons (Fsp3) is 0.292. The molecule has 0 aliphatic heterocycles. The molecule has 0 atom stereocenters. The van der Waals surface area contributed by atoms with Gasteiger partial charge in [-0.05, 0) is 53.9 Å². The summed E-state index contributed by atoms with van der Waals surface area (Å²) in [6.07, 6.45) is 0.864.